The molecule has 4 heteroatoms. The molecule has 0 aromatic heterocycles. The van der Waals surface area contributed by atoms with Crippen LogP contribution in [0.5, 0.6) is 11.5 Å². The molecule has 0 spiro atoms. The second-order valence-corrected chi connectivity index (χ2v) is 4.10. The fourth-order valence-electron chi connectivity index (χ4n) is 1.55. The largest absolute Gasteiger partial charge is 0.466 e. The summed E-state index contributed by atoms with van der Waals surface area (Å²) in [6, 6.07) is 14.5. The Balaban J connectivity index is 2.03. The minimum absolute atomic E-state index is 0.382. The van der Waals surface area contributed by atoms with Gasteiger partial charge < -0.3 is 15.2 Å². The lowest BCUT2D eigenvalue weighted by Crippen LogP contribution is -1.93. The molecule has 0 atom stereocenters. The number of carbonyl (C=O) groups is 1. The first-order valence-electron chi connectivity index (χ1n) is 6.07. The minimum atomic E-state index is -0.382. The van der Waals surface area contributed by atoms with E-state index in [1.807, 2.05) is 24.3 Å². The van der Waals surface area contributed by atoms with Crippen LogP contribution in [0.4, 0.5) is 5.69 Å². The van der Waals surface area contributed by atoms with Gasteiger partial charge in [-0.05, 0) is 48.0 Å². The highest BCUT2D eigenvalue weighted by Gasteiger charge is 1.97. The van der Waals surface area contributed by atoms with Crippen LogP contribution < -0.4 is 10.5 Å². The van der Waals surface area contributed by atoms with Crippen LogP contribution in [0.15, 0.2) is 54.6 Å². The molecule has 0 fully saturated rings. The molecule has 0 bridgehead atoms. The van der Waals surface area contributed by atoms with Gasteiger partial charge in [-0.15, -0.1) is 0 Å². The maximum absolute atomic E-state index is 11.0. The van der Waals surface area contributed by atoms with E-state index in [-0.39, 0.29) is 5.97 Å². The summed E-state index contributed by atoms with van der Waals surface area (Å²) < 4.78 is 10.2. The van der Waals surface area contributed by atoms with Gasteiger partial charge in [0.15, 0.2) is 0 Å². The number of esters is 1. The Morgan fingerprint density at radius 2 is 1.55 bits per heavy atom. The summed E-state index contributed by atoms with van der Waals surface area (Å²) >= 11 is 0. The molecule has 2 rings (SSSR count). The van der Waals surface area contributed by atoms with Crippen LogP contribution in [0.1, 0.15) is 5.56 Å². The van der Waals surface area contributed by atoms with E-state index in [1.165, 1.54) is 13.2 Å². The predicted molar refractivity (Wildman–Crippen MR) is 78.4 cm³/mol. The zero-order chi connectivity index (χ0) is 14.4. The smallest absolute Gasteiger partial charge is 0.330 e. The number of rotatable bonds is 4. The Hall–Kier alpha value is -2.75. The van der Waals surface area contributed by atoms with E-state index in [4.69, 9.17) is 10.5 Å². The maximum Gasteiger partial charge on any atom is 0.330 e. The molecule has 0 amide bonds. The molecule has 0 unspecified atom stereocenters. The number of nitrogen functional groups attached to an aromatic ring is 1. The van der Waals surface area contributed by atoms with E-state index in [2.05, 4.69) is 4.74 Å². The second-order valence-electron chi connectivity index (χ2n) is 4.10. The molecule has 2 N–H and O–H groups in total. The maximum atomic E-state index is 11.0. The molecule has 0 radical (unpaired) electrons. The molecule has 0 saturated carbocycles. The van der Waals surface area contributed by atoms with Gasteiger partial charge in [-0.3, -0.25) is 0 Å². The number of benzene rings is 2. The van der Waals surface area contributed by atoms with Gasteiger partial charge in [0.2, 0.25) is 0 Å². The zero-order valence-electron chi connectivity index (χ0n) is 11.1. The van der Waals surface area contributed by atoms with Crippen molar-refractivity contribution in [2.24, 2.45) is 0 Å². The quantitative estimate of drug-likeness (QED) is 0.526. The summed E-state index contributed by atoms with van der Waals surface area (Å²) in [5, 5.41) is 0. The highest BCUT2D eigenvalue weighted by Crippen LogP contribution is 2.22. The number of methoxy groups -OCH3 is 1. The lowest BCUT2D eigenvalue weighted by molar-refractivity contribution is -0.134. The molecule has 2 aromatic rings. The Kier molecular flexibility index (Phi) is 4.39. The van der Waals surface area contributed by atoms with Gasteiger partial charge in [-0.25, -0.2) is 4.79 Å². The first-order chi connectivity index (χ1) is 9.67. The Bertz CT molecular complexity index is 601. The SMILES string of the molecule is COC(=O)C=Cc1ccc(Oc2ccc(N)cc2)cc1. The average Bonchev–Trinajstić information content (AvgIpc) is 2.48. The minimum Gasteiger partial charge on any atom is -0.466 e. The van der Waals surface area contributed by atoms with Crippen molar-refractivity contribution < 1.29 is 14.3 Å². The highest BCUT2D eigenvalue weighted by atomic mass is 16.5. The molecular weight excluding hydrogens is 254 g/mol. The number of hydrogen-bond donors (Lipinski definition) is 1. The van der Waals surface area contributed by atoms with E-state index >= 15 is 0 Å². The van der Waals surface area contributed by atoms with Gasteiger partial charge >= 0.3 is 5.97 Å². The lowest BCUT2D eigenvalue weighted by atomic mass is 10.2. The third-order valence-corrected chi connectivity index (χ3v) is 2.61. The molecule has 0 heterocycles. The fourth-order valence-corrected chi connectivity index (χ4v) is 1.55. The van der Waals surface area contributed by atoms with E-state index in [1.54, 1.807) is 30.3 Å². The molecule has 2 aromatic carbocycles. The molecular formula is C16H15NO3. The van der Waals surface area contributed by atoms with Crippen molar-refractivity contribution in [3.8, 4) is 11.5 Å². The van der Waals surface area contributed by atoms with Crippen LogP contribution in [-0.2, 0) is 9.53 Å². The molecule has 0 aliphatic heterocycles. The Labute approximate surface area is 117 Å². The Morgan fingerprint density at radius 1 is 1.00 bits per heavy atom. The molecule has 0 aliphatic carbocycles. The van der Waals surface area contributed by atoms with Gasteiger partial charge in [0.1, 0.15) is 11.5 Å². The van der Waals surface area contributed by atoms with Crippen LogP contribution in [0.3, 0.4) is 0 Å². The van der Waals surface area contributed by atoms with E-state index in [9.17, 15) is 4.79 Å². The zero-order valence-corrected chi connectivity index (χ0v) is 11.1. The number of carbonyl (C=O) groups excluding carboxylic acids is 1. The highest BCUT2D eigenvalue weighted by molar-refractivity contribution is 5.86. The van der Waals surface area contributed by atoms with Crippen LogP contribution in [-0.4, -0.2) is 13.1 Å². The van der Waals surface area contributed by atoms with Crippen molar-refractivity contribution in [3.63, 3.8) is 0 Å². The summed E-state index contributed by atoms with van der Waals surface area (Å²) in [7, 11) is 1.34. The average molecular weight is 269 g/mol. The van der Waals surface area contributed by atoms with Crippen LogP contribution in [0.2, 0.25) is 0 Å². The molecule has 20 heavy (non-hydrogen) atoms. The standard InChI is InChI=1S/C16H15NO3/c1-19-16(18)11-4-12-2-7-14(8-3-12)20-15-9-5-13(17)6-10-15/h2-11H,17H2,1H3. The van der Waals surface area contributed by atoms with Gasteiger partial charge in [-0.1, -0.05) is 12.1 Å². The van der Waals surface area contributed by atoms with E-state index in [0.29, 0.717) is 11.4 Å². The van der Waals surface area contributed by atoms with Crippen molar-refractivity contribution >= 4 is 17.7 Å². The van der Waals surface area contributed by atoms with Crippen molar-refractivity contribution in [3.05, 3.63) is 60.2 Å². The van der Waals surface area contributed by atoms with Gasteiger partial charge in [0.25, 0.3) is 0 Å². The van der Waals surface area contributed by atoms with Crippen molar-refractivity contribution in [1.29, 1.82) is 0 Å². The van der Waals surface area contributed by atoms with Crippen LogP contribution >= 0.6 is 0 Å². The van der Waals surface area contributed by atoms with Gasteiger partial charge in [0.05, 0.1) is 7.11 Å². The number of ether oxygens (including phenoxy) is 2. The molecule has 102 valence electrons. The predicted octanol–water partition coefficient (Wildman–Crippen LogP) is 3.25. The van der Waals surface area contributed by atoms with E-state index < -0.39 is 0 Å². The molecule has 4 nitrogen and oxygen atoms in total. The van der Waals surface area contributed by atoms with E-state index in [0.717, 1.165) is 11.3 Å². The lowest BCUT2D eigenvalue weighted by Gasteiger charge is -2.06. The first kappa shape index (κ1) is 13.7. The summed E-state index contributed by atoms with van der Waals surface area (Å²) in [6.07, 6.45) is 3.05. The molecule has 0 aliphatic rings. The van der Waals surface area contributed by atoms with Crippen molar-refractivity contribution in [2.75, 3.05) is 12.8 Å². The second kappa shape index (κ2) is 6.43. The number of nitrogens with two attached hydrogens (primary N) is 1. The van der Waals surface area contributed by atoms with Crippen LogP contribution in [0.25, 0.3) is 6.08 Å². The third kappa shape index (κ3) is 3.88. The molecule has 0 saturated heterocycles. The summed E-state index contributed by atoms with van der Waals surface area (Å²) in [4.78, 5) is 11.0. The Morgan fingerprint density at radius 3 is 2.10 bits per heavy atom. The summed E-state index contributed by atoms with van der Waals surface area (Å²) in [6.45, 7) is 0. The number of hydrogen-bond acceptors (Lipinski definition) is 4. The van der Waals surface area contributed by atoms with Crippen molar-refractivity contribution in [2.45, 2.75) is 0 Å². The summed E-state index contributed by atoms with van der Waals surface area (Å²) in [5.41, 5.74) is 7.19. The van der Waals surface area contributed by atoms with Crippen LogP contribution in [0, 0.1) is 0 Å². The topological polar surface area (TPSA) is 61.5 Å². The first-order valence-corrected chi connectivity index (χ1v) is 6.07. The van der Waals surface area contributed by atoms with Crippen molar-refractivity contribution in [1.82, 2.24) is 0 Å². The van der Waals surface area contributed by atoms with Gasteiger partial charge in [-0.2, -0.15) is 0 Å². The monoisotopic (exact) mass is 269 g/mol. The summed E-state index contributed by atoms with van der Waals surface area (Å²) in [5.74, 6) is 1.05. The third-order valence-electron chi connectivity index (χ3n) is 2.61. The fraction of sp³-hybridized carbons (Fsp3) is 0.0625. The normalized spacial score (nSPS) is 10.4. The van der Waals surface area contributed by atoms with Gasteiger partial charge in [0, 0.05) is 11.8 Å². The number of anilines is 1.